The van der Waals surface area contributed by atoms with Gasteiger partial charge in [0.1, 0.15) is 0 Å². The van der Waals surface area contributed by atoms with Gasteiger partial charge in [-0.1, -0.05) is 41.6 Å². The minimum absolute atomic E-state index is 0.0172. The third kappa shape index (κ3) is 3.76. The Labute approximate surface area is 158 Å². The molecule has 0 unspecified atom stereocenters. The molecule has 0 radical (unpaired) electrons. The number of nitrogens with zero attached hydrogens (tertiary/aromatic N) is 3. The Morgan fingerprint density at radius 1 is 1.11 bits per heavy atom. The Morgan fingerprint density at radius 3 is 2.57 bits per heavy atom. The van der Waals surface area contributed by atoms with Crippen molar-refractivity contribution in [3.63, 3.8) is 0 Å². The summed E-state index contributed by atoms with van der Waals surface area (Å²) in [7, 11) is 0. The first-order chi connectivity index (χ1) is 13.4. The molecule has 0 atom stereocenters. The van der Waals surface area contributed by atoms with E-state index in [1.165, 1.54) is 17.0 Å². The summed E-state index contributed by atoms with van der Waals surface area (Å²) in [5.41, 5.74) is 0.242. The van der Waals surface area contributed by atoms with E-state index >= 15 is 0 Å². The van der Waals surface area contributed by atoms with Crippen molar-refractivity contribution in [3.05, 3.63) is 83.0 Å². The topological polar surface area (TPSA) is 59.2 Å². The van der Waals surface area contributed by atoms with E-state index in [1.807, 2.05) is 30.3 Å². The fourth-order valence-corrected chi connectivity index (χ4v) is 3.10. The fraction of sp³-hybridized carbons (Fsp3) is 0.250. The van der Waals surface area contributed by atoms with Gasteiger partial charge in [0.15, 0.2) is 5.82 Å². The summed E-state index contributed by atoms with van der Waals surface area (Å²) in [4.78, 5) is 18.3. The van der Waals surface area contributed by atoms with Gasteiger partial charge in [0, 0.05) is 25.1 Å². The van der Waals surface area contributed by atoms with E-state index in [0.29, 0.717) is 31.2 Å². The third-order valence-corrected chi connectivity index (χ3v) is 4.64. The summed E-state index contributed by atoms with van der Waals surface area (Å²) in [6.45, 7) is 0.671. The van der Waals surface area contributed by atoms with Crippen molar-refractivity contribution in [2.45, 2.75) is 18.5 Å². The van der Waals surface area contributed by atoms with Crippen LogP contribution in [0.2, 0.25) is 0 Å². The molecular weight excluding hydrogens is 371 g/mol. The van der Waals surface area contributed by atoms with E-state index < -0.39 is 17.6 Å². The first kappa shape index (κ1) is 18.2. The quantitative estimate of drug-likeness (QED) is 0.681. The molecular formula is C20H16F3N3O2. The molecule has 1 aromatic heterocycles. The van der Waals surface area contributed by atoms with Crippen LogP contribution >= 0.6 is 0 Å². The fourth-order valence-electron chi connectivity index (χ4n) is 3.10. The van der Waals surface area contributed by atoms with E-state index in [2.05, 4.69) is 10.1 Å². The minimum atomic E-state index is -4.48. The molecule has 28 heavy (non-hydrogen) atoms. The van der Waals surface area contributed by atoms with Gasteiger partial charge < -0.3 is 9.42 Å². The van der Waals surface area contributed by atoms with Crippen molar-refractivity contribution < 1.29 is 22.5 Å². The van der Waals surface area contributed by atoms with Gasteiger partial charge in [0.2, 0.25) is 5.89 Å². The molecule has 2 aromatic carbocycles. The molecule has 0 N–H and O–H groups in total. The van der Waals surface area contributed by atoms with Crippen LogP contribution in [0, 0.1) is 0 Å². The van der Waals surface area contributed by atoms with E-state index in [1.54, 1.807) is 0 Å². The van der Waals surface area contributed by atoms with Crippen LogP contribution in [0.3, 0.4) is 0 Å². The van der Waals surface area contributed by atoms with Crippen LogP contribution in [0.25, 0.3) is 0 Å². The highest BCUT2D eigenvalue weighted by Gasteiger charge is 2.37. The highest BCUT2D eigenvalue weighted by atomic mass is 19.4. The number of amides is 1. The summed E-state index contributed by atoms with van der Waals surface area (Å²) in [6, 6.07) is 14.2. The smallest absolute Gasteiger partial charge is 0.339 e. The van der Waals surface area contributed by atoms with Crippen molar-refractivity contribution in [2.75, 3.05) is 13.1 Å². The molecule has 1 saturated heterocycles. The Morgan fingerprint density at radius 2 is 1.86 bits per heavy atom. The molecule has 0 aliphatic carbocycles. The number of halogens is 3. The van der Waals surface area contributed by atoms with Crippen LogP contribution in [0.15, 0.2) is 59.1 Å². The Hall–Kier alpha value is -3.16. The van der Waals surface area contributed by atoms with E-state index in [4.69, 9.17) is 4.52 Å². The molecule has 0 spiro atoms. The number of rotatable bonds is 4. The van der Waals surface area contributed by atoms with Crippen molar-refractivity contribution >= 4 is 5.91 Å². The monoisotopic (exact) mass is 387 g/mol. The van der Waals surface area contributed by atoms with Crippen molar-refractivity contribution in [3.8, 4) is 0 Å². The van der Waals surface area contributed by atoms with Gasteiger partial charge in [-0.05, 0) is 23.8 Å². The number of hydrogen-bond acceptors (Lipinski definition) is 4. The van der Waals surface area contributed by atoms with Gasteiger partial charge in [-0.3, -0.25) is 4.79 Å². The molecule has 4 rings (SSSR count). The van der Waals surface area contributed by atoms with Gasteiger partial charge >= 0.3 is 6.18 Å². The zero-order chi connectivity index (χ0) is 19.7. The lowest BCUT2D eigenvalue weighted by molar-refractivity contribution is -0.137. The molecule has 1 amide bonds. The highest BCUT2D eigenvalue weighted by molar-refractivity contribution is 5.95. The van der Waals surface area contributed by atoms with Crippen LogP contribution in [0.4, 0.5) is 13.2 Å². The average Bonchev–Trinajstić information content (AvgIpc) is 3.08. The number of aromatic nitrogens is 2. The second kappa shape index (κ2) is 7.10. The second-order valence-corrected chi connectivity index (χ2v) is 6.70. The lowest BCUT2D eigenvalue weighted by Gasteiger charge is -2.37. The predicted octanol–water partition coefficient (Wildman–Crippen LogP) is 3.92. The third-order valence-electron chi connectivity index (χ3n) is 4.64. The Kier molecular flexibility index (Phi) is 4.62. The standard InChI is InChI=1S/C20H16F3N3O2/c21-20(22,23)16-8-4-7-14(10-16)19(27)26-11-15(12-26)18-24-17(25-28-18)9-13-5-2-1-3-6-13/h1-8,10,15H,9,11-12H2. The molecule has 5 nitrogen and oxygen atoms in total. The maximum Gasteiger partial charge on any atom is 0.416 e. The van der Waals surface area contributed by atoms with Gasteiger partial charge in [-0.15, -0.1) is 0 Å². The van der Waals surface area contributed by atoms with Gasteiger partial charge in [0.25, 0.3) is 5.91 Å². The zero-order valence-electron chi connectivity index (χ0n) is 14.7. The molecule has 1 aliphatic rings. The Bertz CT molecular complexity index is 980. The van der Waals surface area contributed by atoms with Gasteiger partial charge in [-0.2, -0.15) is 18.2 Å². The summed E-state index contributed by atoms with van der Waals surface area (Å²) < 4.78 is 43.7. The van der Waals surface area contributed by atoms with Crippen molar-refractivity contribution in [1.29, 1.82) is 0 Å². The molecule has 3 aromatic rings. The molecule has 2 heterocycles. The molecule has 1 fully saturated rings. The van der Waals surface area contributed by atoms with Gasteiger partial charge in [0.05, 0.1) is 11.5 Å². The van der Waals surface area contributed by atoms with Gasteiger partial charge in [-0.25, -0.2) is 0 Å². The first-order valence-corrected chi connectivity index (χ1v) is 8.73. The maximum atomic E-state index is 12.8. The van der Waals surface area contributed by atoms with E-state index in [9.17, 15) is 18.0 Å². The molecule has 8 heteroatoms. The van der Waals surface area contributed by atoms with Crippen LogP contribution < -0.4 is 0 Å². The minimum Gasteiger partial charge on any atom is -0.339 e. The molecule has 144 valence electrons. The molecule has 0 bridgehead atoms. The number of carbonyl (C=O) groups is 1. The summed E-state index contributed by atoms with van der Waals surface area (Å²) in [6.07, 6.45) is -3.93. The number of hydrogen-bond donors (Lipinski definition) is 0. The highest BCUT2D eigenvalue weighted by Crippen LogP contribution is 2.31. The number of benzene rings is 2. The van der Waals surface area contributed by atoms with Crippen LogP contribution in [-0.4, -0.2) is 34.0 Å². The number of likely N-dealkylation sites (tertiary alicyclic amines) is 1. The van der Waals surface area contributed by atoms with Crippen LogP contribution in [0.5, 0.6) is 0 Å². The first-order valence-electron chi connectivity index (χ1n) is 8.73. The lowest BCUT2D eigenvalue weighted by Crippen LogP contribution is -2.48. The van der Waals surface area contributed by atoms with Crippen molar-refractivity contribution in [1.82, 2.24) is 15.0 Å². The number of carbonyl (C=O) groups excluding carboxylic acids is 1. The van der Waals surface area contributed by atoms with E-state index in [-0.39, 0.29) is 11.5 Å². The predicted molar refractivity (Wildman–Crippen MR) is 93.6 cm³/mol. The van der Waals surface area contributed by atoms with Crippen LogP contribution in [-0.2, 0) is 12.6 Å². The molecule has 0 saturated carbocycles. The average molecular weight is 387 g/mol. The lowest BCUT2D eigenvalue weighted by atomic mass is 9.98. The largest absolute Gasteiger partial charge is 0.416 e. The maximum absolute atomic E-state index is 12.8. The SMILES string of the molecule is O=C(c1cccc(C(F)(F)F)c1)N1CC(c2nc(Cc3ccccc3)no2)C1. The zero-order valence-corrected chi connectivity index (χ0v) is 14.7. The Balaban J connectivity index is 1.38. The van der Waals surface area contributed by atoms with E-state index in [0.717, 1.165) is 17.7 Å². The summed E-state index contributed by atoms with van der Waals surface area (Å²) in [5, 5.41) is 3.97. The summed E-state index contributed by atoms with van der Waals surface area (Å²) in [5.74, 6) is 0.459. The normalized spacial score (nSPS) is 14.8. The number of alkyl halides is 3. The van der Waals surface area contributed by atoms with Crippen molar-refractivity contribution in [2.24, 2.45) is 0 Å². The summed E-state index contributed by atoms with van der Waals surface area (Å²) >= 11 is 0. The second-order valence-electron chi connectivity index (χ2n) is 6.70. The molecule has 1 aliphatic heterocycles. The van der Waals surface area contributed by atoms with Crippen LogP contribution in [0.1, 0.15) is 39.1 Å².